The van der Waals surface area contributed by atoms with Gasteiger partial charge in [0.15, 0.2) is 10.2 Å². The molecule has 0 spiro atoms. The van der Waals surface area contributed by atoms with Crippen molar-refractivity contribution in [3.63, 3.8) is 0 Å². The molecule has 104 valence electrons. The van der Waals surface area contributed by atoms with Crippen LogP contribution in [0.4, 0.5) is 0 Å². The van der Waals surface area contributed by atoms with Crippen molar-refractivity contribution in [2.45, 2.75) is 16.9 Å². The van der Waals surface area contributed by atoms with E-state index >= 15 is 0 Å². The van der Waals surface area contributed by atoms with Crippen LogP contribution in [0.25, 0.3) is 0 Å². The van der Waals surface area contributed by atoms with Crippen LogP contribution in [0.1, 0.15) is 12.7 Å². The summed E-state index contributed by atoms with van der Waals surface area (Å²) in [6, 6.07) is 13.9. The lowest BCUT2D eigenvalue weighted by Crippen LogP contribution is -2.31. The van der Waals surface area contributed by atoms with Crippen molar-refractivity contribution in [2.24, 2.45) is 5.10 Å². The van der Waals surface area contributed by atoms with Crippen molar-refractivity contribution >= 4 is 35.3 Å². The smallest absolute Gasteiger partial charge is 0.186 e. The van der Waals surface area contributed by atoms with E-state index < -0.39 is 0 Å². The number of nitrogens with one attached hydrogen (secondary N) is 2. The van der Waals surface area contributed by atoms with Crippen LogP contribution >= 0.6 is 24.0 Å². The van der Waals surface area contributed by atoms with Gasteiger partial charge in [-0.25, -0.2) is 0 Å². The summed E-state index contributed by atoms with van der Waals surface area (Å²) in [6.45, 7) is 2.73. The molecule has 4 nitrogen and oxygen atoms in total. The van der Waals surface area contributed by atoms with Crippen LogP contribution in [-0.2, 0) is 0 Å². The van der Waals surface area contributed by atoms with Gasteiger partial charge < -0.3 is 9.73 Å². The molecule has 1 heterocycles. The standard InChI is InChI=1S/C14H15N3OS2/c1-2-15-14(19)17-16-10-11-8-9-13(18-11)20-12-6-4-3-5-7-12/h3-10H,2H2,1H3,(H2,15,17,19)/b16-10-. The number of hydrazone groups is 1. The van der Waals surface area contributed by atoms with Crippen LogP contribution in [0, 0.1) is 0 Å². The average molecular weight is 305 g/mol. The van der Waals surface area contributed by atoms with E-state index in [1.54, 1.807) is 18.0 Å². The van der Waals surface area contributed by atoms with Gasteiger partial charge in [-0.05, 0) is 43.4 Å². The van der Waals surface area contributed by atoms with E-state index in [2.05, 4.69) is 15.8 Å². The Morgan fingerprint density at radius 3 is 2.85 bits per heavy atom. The maximum Gasteiger partial charge on any atom is 0.186 e. The normalized spacial score (nSPS) is 10.7. The fourth-order valence-corrected chi connectivity index (χ4v) is 2.41. The lowest BCUT2D eigenvalue weighted by molar-refractivity contribution is 0.469. The van der Waals surface area contributed by atoms with E-state index in [0.717, 1.165) is 16.5 Å². The summed E-state index contributed by atoms with van der Waals surface area (Å²) in [6.07, 6.45) is 1.60. The quantitative estimate of drug-likeness (QED) is 0.504. The van der Waals surface area contributed by atoms with Gasteiger partial charge in [-0.1, -0.05) is 30.0 Å². The highest BCUT2D eigenvalue weighted by Crippen LogP contribution is 2.28. The summed E-state index contributed by atoms with van der Waals surface area (Å²) in [5.41, 5.74) is 2.71. The van der Waals surface area contributed by atoms with Crippen LogP contribution in [0.15, 0.2) is 62.0 Å². The van der Waals surface area contributed by atoms with Gasteiger partial charge in [-0.2, -0.15) is 5.10 Å². The summed E-state index contributed by atoms with van der Waals surface area (Å²) < 4.78 is 5.64. The molecule has 0 fully saturated rings. The molecule has 0 saturated carbocycles. The van der Waals surface area contributed by atoms with Crippen molar-refractivity contribution in [3.8, 4) is 0 Å². The second kappa shape index (κ2) is 7.72. The number of rotatable bonds is 5. The number of benzene rings is 1. The third-order valence-electron chi connectivity index (χ3n) is 2.26. The average Bonchev–Trinajstić information content (AvgIpc) is 2.88. The zero-order valence-electron chi connectivity index (χ0n) is 11.0. The minimum atomic E-state index is 0.495. The summed E-state index contributed by atoms with van der Waals surface area (Å²) in [7, 11) is 0. The maximum absolute atomic E-state index is 5.64. The van der Waals surface area contributed by atoms with Gasteiger partial charge in [-0.3, -0.25) is 5.43 Å². The lowest BCUT2D eigenvalue weighted by Gasteiger charge is -2.01. The highest BCUT2D eigenvalue weighted by molar-refractivity contribution is 7.99. The Kier molecular flexibility index (Phi) is 5.64. The number of thiocarbonyl (C=S) groups is 1. The summed E-state index contributed by atoms with van der Waals surface area (Å²) in [4.78, 5) is 1.14. The van der Waals surface area contributed by atoms with Gasteiger partial charge in [0.05, 0.1) is 6.21 Å². The van der Waals surface area contributed by atoms with Gasteiger partial charge >= 0.3 is 0 Å². The summed E-state index contributed by atoms with van der Waals surface area (Å²) in [5, 5.41) is 8.26. The number of hydrogen-bond donors (Lipinski definition) is 2. The number of furan rings is 1. The van der Waals surface area contributed by atoms with Gasteiger partial charge in [0.25, 0.3) is 0 Å². The molecule has 0 atom stereocenters. The topological polar surface area (TPSA) is 49.6 Å². The molecule has 0 radical (unpaired) electrons. The van der Waals surface area contributed by atoms with Crippen molar-refractivity contribution in [2.75, 3.05) is 6.54 Å². The molecule has 0 aliphatic heterocycles. The van der Waals surface area contributed by atoms with E-state index in [9.17, 15) is 0 Å². The van der Waals surface area contributed by atoms with E-state index in [1.165, 1.54) is 0 Å². The molecule has 2 N–H and O–H groups in total. The Labute approximate surface area is 127 Å². The summed E-state index contributed by atoms with van der Waals surface area (Å²) in [5.74, 6) is 0.676. The number of nitrogens with zero attached hydrogens (tertiary/aromatic N) is 1. The maximum atomic E-state index is 5.64. The summed E-state index contributed by atoms with van der Waals surface area (Å²) >= 11 is 6.56. The lowest BCUT2D eigenvalue weighted by atomic mass is 10.4. The first kappa shape index (κ1) is 14.6. The Morgan fingerprint density at radius 1 is 1.30 bits per heavy atom. The molecular formula is C14H15N3OS2. The molecule has 20 heavy (non-hydrogen) atoms. The Morgan fingerprint density at radius 2 is 2.10 bits per heavy atom. The molecule has 0 saturated heterocycles. The monoisotopic (exact) mass is 305 g/mol. The molecule has 2 rings (SSSR count). The molecule has 6 heteroatoms. The zero-order chi connectivity index (χ0) is 14.2. The Hall–Kier alpha value is -1.79. The minimum absolute atomic E-state index is 0.495. The largest absolute Gasteiger partial charge is 0.448 e. The van der Waals surface area contributed by atoms with Crippen LogP contribution < -0.4 is 10.7 Å². The molecule has 1 aromatic carbocycles. The molecule has 0 aliphatic carbocycles. The van der Waals surface area contributed by atoms with Crippen LogP contribution in [0.2, 0.25) is 0 Å². The van der Waals surface area contributed by atoms with Gasteiger partial charge in [-0.15, -0.1) is 0 Å². The van der Waals surface area contributed by atoms with E-state index in [-0.39, 0.29) is 0 Å². The highest BCUT2D eigenvalue weighted by atomic mass is 32.2. The first-order valence-corrected chi connectivity index (χ1v) is 7.40. The third kappa shape index (κ3) is 4.71. The zero-order valence-corrected chi connectivity index (χ0v) is 12.6. The van der Waals surface area contributed by atoms with Crippen LogP contribution in [0.3, 0.4) is 0 Å². The minimum Gasteiger partial charge on any atom is -0.448 e. The third-order valence-corrected chi connectivity index (χ3v) is 3.42. The second-order valence-electron chi connectivity index (χ2n) is 3.80. The van der Waals surface area contributed by atoms with E-state index in [4.69, 9.17) is 16.6 Å². The molecule has 0 amide bonds. The Balaban J connectivity index is 1.89. The molecule has 1 aromatic heterocycles. The fourth-order valence-electron chi connectivity index (χ4n) is 1.42. The van der Waals surface area contributed by atoms with Crippen LogP contribution in [0.5, 0.6) is 0 Å². The van der Waals surface area contributed by atoms with Gasteiger partial charge in [0, 0.05) is 11.4 Å². The van der Waals surface area contributed by atoms with Crippen molar-refractivity contribution in [3.05, 3.63) is 48.2 Å². The molecule has 2 aromatic rings. The SMILES string of the molecule is CCNC(=S)N/N=C\c1ccc(Sc2ccccc2)o1. The molecule has 0 unspecified atom stereocenters. The fraction of sp³-hybridized carbons (Fsp3) is 0.143. The second-order valence-corrected chi connectivity index (χ2v) is 5.29. The Bertz CT molecular complexity index is 581. The van der Waals surface area contributed by atoms with Crippen LogP contribution in [-0.4, -0.2) is 17.9 Å². The van der Waals surface area contributed by atoms with E-state index in [0.29, 0.717) is 10.9 Å². The molecule has 0 aliphatic rings. The van der Waals surface area contributed by atoms with Crippen molar-refractivity contribution in [1.82, 2.24) is 10.7 Å². The molecular weight excluding hydrogens is 290 g/mol. The molecule has 0 bridgehead atoms. The van der Waals surface area contributed by atoms with E-state index in [1.807, 2.05) is 49.4 Å². The van der Waals surface area contributed by atoms with Gasteiger partial charge in [0.2, 0.25) is 0 Å². The number of hydrogen-bond acceptors (Lipinski definition) is 4. The first-order chi connectivity index (χ1) is 9.78. The predicted molar refractivity (Wildman–Crippen MR) is 86.3 cm³/mol. The van der Waals surface area contributed by atoms with Gasteiger partial charge in [0.1, 0.15) is 5.76 Å². The first-order valence-electron chi connectivity index (χ1n) is 6.17. The van der Waals surface area contributed by atoms with Crippen molar-refractivity contribution < 1.29 is 4.42 Å². The predicted octanol–water partition coefficient (Wildman–Crippen LogP) is 3.25. The highest BCUT2D eigenvalue weighted by Gasteiger charge is 2.02. The van der Waals surface area contributed by atoms with Crippen molar-refractivity contribution in [1.29, 1.82) is 0 Å².